The number of benzene rings is 1. The molecule has 6 heteroatoms. The van der Waals surface area contributed by atoms with Crippen molar-refractivity contribution in [3.05, 3.63) is 27.7 Å². The van der Waals surface area contributed by atoms with Crippen LogP contribution in [0.25, 0.3) is 0 Å². The van der Waals surface area contributed by atoms with Crippen LogP contribution in [-0.4, -0.2) is 19.3 Å². The van der Waals surface area contributed by atoms with Gasteiger partial charge in [0, 0.05) is 15.6 Å². The molecule has 0 atom stereocenters. The average Bonchev–Trinajstić information content (AvgIpc) is 2.30. The van der Waals surface area contributed by atoms with Gasteiger partial charge in [-0.2, -0.15) is 5.10 Å². The summed E-state index contributed by atoms with van der Waals surface area (Å²) >= 11 is 3.52. The number of rotatable bonds is 4. The van der Waals surface area contributed by atoms with Crippen molar-refractivity contribution in [2.24, 2.45) is 21.7 Å². The first-order valence-corrected chi connectivity index (χ1v) is 5.86. The molecule has 0 aliphatic carbocycles. The minimum atomic E-state index is -0.0680. The number of ether oxygens (including phenoxy) is 1. The highest BCUT2D eigenvalue weighted by atomic mass is 79.9. The molecule has 0 aromatic heterocycles. The molecule has 0 bridgehead atoms. The summed E-state index contributed by atoms with van der Waals surface area (Å²) in [6.45, 7) is 2.06. The van der Waals surface area contributed by atoms with Crippen molar-refractivity contribution < 1.29 is 4.74 Å². The second-order valence-electron chi connectivity index (χ2n) is 3.27. The molecule has 0 saturated carbocycles. The van der Waals surface area contributed by atoms with Crippen molar-refractivity contribution in [1.82, 2.24) is 0 Å². The van der Waals surface area contributed by atoms with Gasteiger partial charge in [-0.25, -0.2) is 0 Å². The monoisotopic (exact) mass is 298 g/mol. The van der Waals surface area contributed by atoms with Crippen LogP contribution in [0.5, 0.6) is 5.75 Å². The van der Waals surface area contributed by atoms with E-state index in [2.05, 4.69) is 33.1 Å². The molecule has 1 aromatic carbocycles. The molecule has 17 heavy (non-hydrogen) atoms. The number of methoxy groups -OCH3 is 1. The second kappa shape index (κ2) is 6.24. The molecule has 0 aliphatic rings. The number of hydrogen-bond acceptors (Lipinski definition) is 3. The first-order valence-electron chi connectivity index (χ1n) is 5.07. The molecule has 0 radical (unpaired) electrons. The van der Waals surface area contributed by atoms with Crippen LogP contribution in [0.4, 0.5) is 0 Å². The average molecular weight is 299 g/mol. The van der Waals surface area contributed by atoms with Gasteiger partial charge in [0.2, 0.25) is 5.96 Å². The van der Waals surface area contributed by atoms with Gasteiger partial charge in [0.1, 0.15) is 5.75 Å². The van der Waals surface area contributed by atoms with Gasteiger partial charge in [0.05, 0.1) is 13.3 Å². The molecule has 0 spiro atoms. The van der Waals surface area contributed by atoms with Gasteiger partial charge in [-0.15, -0.1) is 5.10 Å². The molecule has 0 heterocycles. The van der Waals surface area contributed by atoms with Gasteiger partial charge >= 0.3 is 0 Å². The molecule has 0 fully saturated rings. The Labute approximate surface area is 109 Å². The highest BCUT2D eigenvalue weighted by Gasteiger charge is 2.08. The minimum Gasteiger partial charge on any atom is -0.496 e. The van der Waals surface area contributed by atoms with E-state index < -0.39 is 0 Å². The van der Waals surface area contributed by atoms with Gasteiger partial charge in [-0.05, 0) is 34.5 Å². The van der Waals surface area contributed by atoms with E-state index in [-0.39, 0.29) is 5.96 Å². The zero-order valence-electron chi connectivity index (χ0n) is 9.77. The van der Waals surface area contributed by atoms with Crippen molar-refractivity contribution in [3.63, 3.8) is 0 Å². The highest BCUT2D eigenvalue weighted by Crippen LogP contribution is 2.29. The van der Waals surface area contributed by atoms with Crippen molar-refractivity contribution in [2.45, 2.75) is 13.3 Å². The Morgan fingerprint density at radius 3 is 2.71 bits per heavy atom. The van der Waals surface area contributed by atoms with Crippen LogP contribution in [0, 0.1) is 0 Å². The first-order chi connectivity index (χ1) is 8.10. The normalized spacial score (nSPS) is 10.5. The molecule has 0 amide bonds. The third-order valence-electron chi connectivity index (χ3n) is 2.17. The summed E-state index contributed by atoms with van der Waals surface area (Å²) in [6.07, 6.45) is 2.44. The zero-order chi connectivity index (χ0) is 12.8. The van der Waals surface area contributed by atoms with E-state index in [0.29, 0.717) is 0 Å². The summed E-state index contributed by atoms with van der Waals surface area (Å²) in [4.78, 5) is 0. The quantitative estimate of drug-likeness (QED) is 0.503. The largest absolute Gasteiger partial charge is 0.496 e. The second-order valence-corrected chi connectivity index (χ2v) is 4.07. The summed E-state index contributed by atoms with van der Waals surface area (Å²) in [5, 5.41) is 7.32. The van der Waals surface area contributed by atoms with Crippen LogP contribution >= 0.6 is 15.9 Å². The summed E-state index contributed by atoms with van der Waals surface area (Å²) in [5.41, 5.74) is 12.3. The molecule has 0 aliphatic heterocycles. The van der Waals surface area contributed by atoms with Gasteiger partial charge in [-0.3, -0.25) is 0 Å². The fraction of sp³-hybridized carbons (Fsp3) is 0.273. The van der Waals surface area contributed by atoms with Crippen LogP contribution in [0.1, 0.15) is 18.1 Å². The van der Waals surface area contributed by atoms with E-state index >= 15 is 0 Å². The van der Waals surface area contributed by atoms with Gasteiger partial charge in [0.15, 0.2) is 0 Å². The Morgan fingerprint density at radius 2 is 2.18 bits per heavy atom. The smallest absolute Gasteiger partial charge is 0.211 e. The summed E-state index contributed by atoms with van der Waals surface area (Å²) in [6, 6.07) is 3.77. The number of nitrogens with zero attached hydrogens (tertiary/aromatic N) is 2. The Bertz CT molecular complexity index is 453. The maximum atomic E-state index is 5.27. The van der Waals surface area contributed by atoms with E-state index in [1.54, 1.807) is 13.3 Å². The van der Waals surface area contributed by atoms with E-state index in [1.807, 2.05) is 12.1 Å². The van der Waals surface area contributed by atoms with E-state index in [1.165, 1.54) is 0 Å². The molecule has 0 unspecified atom stereocenters. The van der Waals surface area contributed by atoms with E-state index in [4.69, 9.17) is 16.2 Å². The van der Waals surface area contributed by atoms with Crippen molar-refractivity contribution in [1.29, 1.82) is 0 Å². The fourth-order valence-electron chi connectivity index (χ4n) is 1.40. The molecular formula is C11H15BrN4O. The number of hydrogen-bond donors (Lipinski definition) is 2. The van der Waals surface area contributed by atoms with Crippen LogP contribution in [0.2, 0.25) is 0 Å². The standard InChI is InChI=1S/C11H15BrN4O/c1-3-8-9(17-2)5-4-7(10(8)12)6-15-16-11(13)14/h4-6H,3H2,1-2H3,(H4,13,14,16)/b15-6+. The molecule has 92 valence electrons. The highest BCUT2D eigenvalue weighted by molar-refractivity contribution is 9.10. The minimum absolute atomic E-state index is 0.0680. The summed E-state index contributed by atoms with van der Waals surface area (Å²) < 4.78 is 6.21. The number of nitrogens with two attached hydrogens (primary N) is 2. The zero-order valence-corrected chi connectivity index (χ0v) is 11.4. The molecule has 5 nitrogen and oxygen atoms in total. The number of halogens is 1. The van der Waals surface area contributed by atoms with Crippen molar-refractivity contribution in [2.75, 3.05) is 7.11 Å². The first kappa shape index (κ1) is 13.5. The van der Waals surface area contributed by atoms with E-state index in [9.17, 15) is 0 Å². The van der Waals surface area contributed by atoms with Gasteiger partial charge < -0.3 is 16.2 Å². The molecule has 1 rings (SSSR count). The van der Waals surface area contributed by atoms with Crippen LogP contribution in [-0.2, 0) is 6.42 Å². The maximum absolute atomic E-state index is 5.27. The fourth-order valence-corrected chi connectivity index (χ4v) is 2.11. The summed E-state index contributed by atoms with van der Waals surface area (Å²) in [5.74, 6) is 0.778. The third-order valence-corrected chi connectivity index (χ3v) is 3.11. The van der Waals surface area contributed by atoms with Crippen LogP contribution < -0.4 is 16.2 Å². The van der Waals surface area contributed by atoms with E-state index in [0.717, 1.165) is 27.8 Å². The molecule has 0 saturated heterocycles. The Hall–Kier alpha value is -1.56. The van der Waals surface area contributed by atoms with Crippen molar-refractivity contribution in [3.8, 4) is 5.75 Å². The van der Waals surface area contributed by atoms with Gasteiger partial charge in [0.25, 0.3) is 0 Å². The van der Waals surface area contributed by atoms with Crippen LogP contribution in [0.15, 0.2) is 26.8 Å². The Balaban J connectivity index is 3.11. The van der Waals surface area contributed by atoms with Crippen molar-refractivity contribution >= 4 is 28.1 Å². The lowest BCUT2D eigenvalue weighted by Gasteiger charge is -2.10. The molecule has 4 N–H and O–H groups in total. The lowest BCUT2D eigenvalue weighted by atomic mass is 10.1. The number of guanidine groups is 1. The SMILES string of the molecule is CCc1c(OC)ccc(/C=N/N=C(N)N)c1Br. The lowest BCUT2D eigenvalue weighted by Crippen LogP contribution is -2.21. The Kier molecular flexibility index (Phi) is 4.96. The Morgan fingerprint density at radius 1 is 1.47 bits per heavy atom. The third kappa shape index (κ3) is 3.45. The summed E-state index contributed by atoms with van der Waals surface area (Å²) in [7, 11) is 1.65. The topological polar surface area (TPSA) is 86.0 Å². The molecule has 1 aromatic rings. The maximum Gasteiger partial charge on any atom is 0.211 e. The molecular weight excluding hydrogens is 284 g/mol. The lowest BCUT2D eigenvalue weighted by molar-refractivity contribution is 0.409. The predicted molar refractivity (Wildman–Crippen MR) is 73.5 cm³/mol. The predicted octanol–water partition coefficient (Wildman–Crippen LogP) is 1.63. The van der Waals surface area contributed by atoms with Gasteiger partial charge in [-0.1, -0.05) is 6.92 Å². The van der Waals surface area contributed by atoms with Crippen LogP contribution in [0.3, 0.4) is 0 Å².